The van der Waals surface area contributed by atoms with Gasteiger partial charge in [0.15, 0.2) is 0 Å². The molecule has 4 rings (SSSR count). The number of nitrogens with one attached hydrogen (secondary N) is 1. The minimum absolute atomic E-state index is 0.277. The van der Waals surface area contributed by atoms with Crippen molar-refractivity contribution in [2.75, 3.05) is 10.2 Å². The topological polar surface area (TPSA) is 49.4 Å². The fraction of sp³-hybridized carbons (Fsp3) is 0.154. The highest BCUT2D eigenvalue weighted by molar-refractivity contribution is 8.04. The van der Waals surface area contributed by atoms with Gasteiger partial charge in [-0.3, -0.25) is 9.59 Å². The van der Waals surface area contributed by atoms with Crippen molar-refractivity contribution in [2.45, 2.75) is 31.6 Å². The van der Waals surface area contributed by atoms with Gasteiger partial charge in [-0.15, -0.1) is 0 Å². The zero-order valence-corrected chi connectivity index (χ0v) is 19.5. The Morgan fingerprint density at radius 2 is 1.34 bits per heavy atom. The molecular formula is C26H23ClN2O2S. The van der Waals surface area contributed by atoms with Crippen LogP contribution < -0.4 is 10.2 Å². The Hall–Kier alpha value is -3.02. The van der Waals surface area contributed by atoms with E-state index in [0.29, 0.717) is 15.6 Å². The van der Waals surface area contributed by atoms with Crippen LogP contribution in [0.15, 0.2) is 88.3 Å². The van der Waals surface area contributed by atoms with Crippen molar-refractivity contribution >= 4 is 46.6 Å². The van der Waals surface area contributed by atoms with E-state index < -0.39 is 0 Å². The third-order valence-electron chi connectivity index (χ3n) is 5.31. The zero-order valence-electron chi connectivity index (χ0n) is 17.9. The number of amides is 2. The molecule has 4 nitrogen and oxygen atoms in total. The van der Waals surface area contributed by atoms with Crippen LogP contribution in [0.4, 0.5) is 11.4 Å². The third-order valence-corrected chi connectivity index (χ3v) is 6.65. The summed E-state index contributed by atoms with van der Waals surface area (Å²) in [5.41, 5.74) is 3.94. The summed E-state index contributed by atoms with van der Waals surface area (Å²) in [5, 5.41) is 3.81. The van der Waals surface area contributed by atoms with Gasteiger partial charge in [-0.25, -0.2) is 4.90 Å². The van der Waals surface area contributed by atoms with Crippen molar-refractivity contribution in [3.8, 4) is 0 Å². The molecule has 0 saturated heterocycles. The molecule has 32 heavy (non-hydrogen) atoms. The first-order valence-corrected chi connectivity index (χ1v) is 11.7. The highest BCUT2D eigenvalue weighted by Gasteiger charge is 2.40. The molecule has 0 bridgehead atoms. The molecule has 3 aromatic carbocycles. The fourth-order valence-corrected chi connectivity index (χ4v) is 4.47. The van der Waals surface area contributed by atoms with Gasteiger partial charge in [0.2, 0.25) is 0 Å². The molecular weight excluding hydrogens is 440 g/mol. The standard InChI is InChI=1S/C26H23ClN2O2S/c1-3-17-5-11-20(12-6-17)28-23-24(32-22-15-9-19(27)10-16-22)26(31)29(25(23)30)21-13-7-18(4-2)8-14-21/h5-16,28H,3-4H2,1-2H3. The quantitative estimate of drug-likeness (QED) is 0.409. The maximum Gasteiger partial charge on any atom is 0.283 e. The maximum absolute atomic E-state index is 13.4. The van der Waals surface area contributed by atoms with Crippen LogP contribution in [0.25, 0.3) is 0 Å². The summed E-state index contributed by atoms with van der Waals surface area (Å²) < 4.78 is 0. The van der Waals surface area contributed by atoms with Crippen LogP contribution in [0.5, 0.6) is 0 Å². The number of carbonyl (C=O) groups is 2. The van der Waals surface area contributed by atoms with Gasteiger partial charge in [0.25, 0.3) is 11.8 Å². The lowest BCUT2D eigenvalue weighted by molar-refractivity contribution is -0.120. The third kappa shape index (κ3) is 4.59. The van der Waals surface area contributed by atoms with E-state index in [2.05, 4.69) is 19.2 Å². The number of nitrogens with zero attached hydrogens (tertiary/aromatic N) is 1. The Bertz CT molecular complexity index is 1170. The van der Waals surface area contributed by atoms with Crippen molar-refractivity contribution in [1.29, 1.82) is 0 Å². The molecule has 0 saturated carbocycles. The van der Waals surface area contributed by atoms with Gasteiger partial charge >= 0.3 is 0 Å². The highest BCUT2D eigenvalue weighted by Crippen LogP contribution is 2.38. The summed E-state index contributed by atoms with van der Waals surface area (Å²) in [5.74, 6) is -0.706. The first-order valence-electron chi connectivity index (χ1n) is 10.5. The van der Waals surface area contributed by atoms with E-state index in [4.69, 9.17) is 11.6 Å². The van der Waals surface area contributed by atoms with Crippen molar-refractivity contribution in [1.82, 2.24) is 0 Å². The number of thioether (sulfide) groups is 1. The fourth-order valence-electron chi connectivity index (χ4n) is 3.42. The van der Waals surface area contributed by atoms with E-state index in [1.165, 1.54) is 22.2 Å². The minimum Gasteiger partial charge on any atom is -0.350 e. The molecule has 0 fully saturated rings. The van der Waals surface area contributed by atoms with Crippen LogP contribution in [0, 0.1) is 0 Å². The number of imide groups is 1. The smallest absolute Gasteiger partial charge is 0.283 e. The van der Waals surface area contributed by atoms with E-state index >= 15 is 0 Å². The first-order chi connectivity index (χ1) is 15.5. The zero-order chi connectivity index (χ0) is 22.7. The molecule has 162 valence electrons. The summed E-state index contributed by atoms with van der Waals surface area (Å²) in [6.45, 7) is 4.15. The van der Waals surface area contributed by atoms with Crippen molar-refractivity contribution in [3.63, 3.8) is 0 Å². The second-order valence-corrected chi connectivity index (χ2v) is 8.92. The molecule has 0 aliphatic carbocycles. The number of hydrogen-bond acceptors (Lipinski definition) is 4. The monoisotopic (exact) mass is 462 g/mol. The lowest BCUT2D eigenvalue weighted by atomic mass is 10.1. The molecule has 0 radical (unpaired) electrons. The molecule has 0 atom stereocenters. The van der Waals surface area contributed by atoms with E-state index in [1.54, 1.807) is 12.1 Å². The largest absolute Gasteiger partial charge is 0.350 e. The van der Waals surface area contributed by atoms with Gasteiger partial charge in [-0.2, -0.15) is 0 Å². The predicted octanol–water partition coefficient (Wildman–Crippen LogP) is 6.45. The Labute approximate surface area is 197 Å². The van der Waals surface area contributed by atoms with Crippen LogP contribution in [0.1, 0.15) is 25.0 Å². The number of carbonyl (C=O) groups excluding carboxylic acids is 2. The molecule has 1 N–H and O–H groups in total. The molecule has 0 aromatic heterocycles. The number of halogens is 1. The number of aryl methyl sites for hydroxylation is 2. The summed E-state index contributed by atoms with van der Waals surface area (Å²) in [6, 6.07) is 22.6. The van der Waals surface area contributed by atoms with Crippen molar-refractivity contribution < 1.29 is 9.59 Å². The number of hydrogen-bond donors (Lipinski definition) is 1. The van der Waals surface area contributed by atoms with Gasteiger partial charge in [-0.05, 0) is 72.5 Å². The van der Waals surface area contributed by atoms with E-state index in [0.717, 1.165) is 29.0 Å². The second kappa shape index (κ2) is 9.63. The molecule has 3 aromatic rings. The van der Waals surface area contributed by atoms with Gasteiger partial charge in [-0.1, -0.05) is 61.5 Å². The Morgan fingerprint density at radius 1 is 0.781 bits per heavy atom. The summed E-state index contributed by atoms with van der Waals surface area (Å²) in [7, 11) is 0. The van der Waals surface area contributed by atoms with Crippen LogP contribution in [-0.4, -0.2) is 11.8 Å². The first kappa shape index (κ1) is 22.2. The summed E-state index contributed by atoms with van der Waals surface area (Å²) >= 11 is 7.27. The Kier molecular flexibility index (Phi) is 6.68. The van der Waals surface area contributed by atoms with Crippen LogP contribution >= 0.6 is 23.4 Å². The summed E-state index contributed by atoms with van der Waals surface area (Å²) in [4.78, 5) is 29.2. The lowest BCUT2D eigenvalue weighted by Gasteiger charge is -2.15. The van der Waals surface area contributed by atoms with E-state index in [9.17, 15) is 9.59 Å². The van der Waals surface area contributed by atoms with Gasteiger partial charge in [0.1, 0.15) is 10.6 Å². The van der Waals surface area contributed by atoms with E-state index in [1.807, 2.05) is 60.7 Å². The highest BCUT2D eigenvalue weighted by atomic mass is 35.5. The number of rotatable bonds is 7. The van der Waals surface area contributed by atoms with Gasteiger partial charge < -0.3 is 5.32 Å². The lowest BCUT2D eigenvalue weighted by Crippen LogP contribution is -2.32. The number of benzene rings is 3. The normalized spacial score (nSPS) is 13.8. The number of anilines is 2. The molecule has 2 amide bonds. The van der Waals surface area contributed by atoms with E-state index in [-0.39, 0.29) is 17.5 Å². The summed E-state index contributed by atoms with van der Waals surface area (Å²) in [6.07, 6.45) is 1.82. The SMILES string of the molecule is CCc1ccc(NC2=C(Sc3ccc(Cl)cc3)C(=O)N(c3ccc(CC)cc3)C2=O)cc1. The van der Waals surface area contributed by atoms with Crippen molar-refractivity contribution in [2.24, 2.45) is 0 Å². The Morgan fingerprint density at radius 3 is 1.91 bits per heavy atom. The van der Waals surface area contributed by atoms with Gasteiger partial charge in [0, 0.05) is 15.6 Å². The second-order valence-electron chi connectivity index (χ2n) is 7.40. The average molecular weight is 463 g/mol. The van der Waals surface area contributed by atoms with Crippen LogP contribution in [0.3, 0.4) is 0 Å². The molecule has 0 unspecified atom stereocenters. The molecule has 1 aliphatic heterocycles. The molecule has 1 aliphatic rings. The van der Waals surface area contributed by atoms with Crippen LogP contribution in [0.2, 0.25) is 5.02 Å². The predicted molar refractivity (Wildman–Crippen MR) is 132 cm³/mol. The maximum atomic E-state index is 13.4. The minimum atomic E-state index is -0.365. The van der Waals surface area contributed by atoms with Crippen molar-refractivity contribution in [3.05, 3.63) is 99.5 Å². The molecule has 0 spiro atoms. The average Bonchev–Trinajstić information content (AvgIpc) is 3.05. The van der Waals surface area contributed by atoms with Gasteiger partial charge in [0.05, 0.1) is 5.69 Å². The molecule has 6 heteroatoms. The Balaban J connectivity index is 1.70. The van der Waals surface area contributed by atoms with Crippen LogP contribution in [-0.2, 0) is 22.4 Å². The molecule has 1 heterocycles.